The number of aromatic nitrogens is 4. The Labute approximate surface area is 166 Å². The maximum atomic E-state index is 12.3. The second kappa shape index (κ2) is 8.46. The maximum Gasteiger partial charge on any atom is 0.342 e. The number of imide groups is 1. The highest BCUT2D eigenvalue weighted by molar-refractivity contribution is 6.02. The molecule has 0 spiro atoms. The van der Waals surface area contributed by atoms with Gasteiger partial charge in [-0.2, -0.15) is 10.1 Å². The second-order valence-corrected chi connectivity index (χ2v) is 6.27. The van der Waals surface area contributed by atoms with Crippen LogP contribution in [0.3, 0.4) is 0 Å². The van der Waals surface area contributed by atoms with Crippen LogP contribution >= 0.6 is 0 Å². The first-order valence-corrected chi connectivity index (χ1v) is 8.92. The Bertz CT molecular complexity index is 1090. The number of anilines is 1. The van der Waals surface area contributed by atoms with E-state index in [-0.39, 0.29) is 5.56 Å². The third kappa shape index (κ3) is 4.37. The zero-order valence-corrected chi connectivity index (χ0v) is 16.2. The van der Waals surface area contributed by atoms with Gasteiger partial charge in [-0.1, -0.05) is 19.1 Å². The van der Waals surface area contributed by atoms with E-state index in [0.717, 1.165) is 11.1 Å². The first-order valence-electron chi connectivity index (χ1n) is 8.92. The summed E-state index contributed by atoms with van der Waals surface area (Å²) in [4.78, 5) is 44.3. The standard InChI is InChI=1S/C19H20N6O4/c1-4-15-13(8-20-18-21-10-22-25(15)18)17(27)29-9-16(26)24-19(28)23-14-7-5-6-11(2)12(14)3/h5-8,10H,4,9H2,1-3H3,(H2,23,24,26,28). The number of rotatable bonds is 5. The van der Waals surface area contributed by atoms with Crippen LogP contribution in [0.1, 0.15) is 34.1 Å². The van der Waals surface area contributed by atoms with Crippen molar-refractivity contribution >= 4 is 29.4 Å². The predicted octanol–water partition coefficient (Wildman–Crippen LogP) is 1.81. The molecule has 2 N–H and O–H groups in total. The van der Waals surface area contributed by atoms with Crippen LogP contribution < -0.4 is 10.6 Å². The van der Waals surface area contributed by atoms with E-state index in [1.807, 2.05) is 26.8 Å². The first kappa shape index (κ1) is 19.9. The number of carbonyl (C=O) groups excluding carboxylic acids is 3. The number of esters is 1. The number of carbonyl (C=O) groups is 3. The zero-order chi connectivity index (χ0) is 21.0. The fraction of sp³-hybridized carbons (Fsp3) is 0.263. The average Bonchev–Trinajstić information content (AvgIpc) is 3.17. The molecule has 0 saturated heterocycles. The molecule has 0 fully saturated rings. The van der Waals surface area contributed by atoms with Crippen LogP contribution in [0, 0.1) is 13.8 Å². The van der Waals surface area contributed by atoms with Gasteiger partial charge >= 0.3 is 12.0 Å². The molecule has 0 saturated carbocycles. The molecule has 0 aliphatic carbocycles. The van der Waals surface area contributed by atoms with Crippen molar-refractivity contribution in [2.75, 3.05) is 11.9 Å². The molecule has 0 aliphatic rings. The summed E-state index contributed by atoms with van der Waals surface area (Å²) in [5.41, 5.74) is 3.23. The molecule has 0 bridgehead atoms. The molecule has 2 heterocycles. The van der Waals surface area contributed by atoms with E-state index in [9.17, 15) is 14.4 Å². The van der Waals surface area contributed by atoms with Gasteiger partial charge in [0.25, 0.3) is 11.7 Å². The Kier molecular flexibility index (Phi) is 5.82. The van der Waals surface area contributed by atoms with E-state index in [1.165, 1.54) is 17.0 Å². The average molecular weight is 396 g/mol. The van der Waals surface area contributed by atoms with Gasteiger partial charge in [-0.15, -0.1) is 0 Å². The van der Waals surface area contributed by atoms with E-state index in [0.29, 0.717) is 23.6 Å². The van der Waals surface area contributed by atoms with Gasteiger partial charge in [0.2, 0.25) is 0 Å². The highest BCUT2D eigenvalue weighted by atomic mass is 16.5. The number of nitrogens with zero attached hydrogens (tertiary/aromatic N) is 4. The zero-order valence-electron chi connectivity index (χ0n) is 16.2. The van der Waals surface area contributed by atoms with Gasteiger partial charge in [-0.05, 0) is 37.5 Å². The Balaban J connectivity index is 1.58. The van der Waals surface area contributed by atoms with Crippen molar-refractivity contribution in [1.29, 1.82) is 0 Å². The third-order valence-corrected chi connectivity index (χ3v) is 4.40. The molecule has 10 heteroatoms. The van der Waals surface area contributed by atoms with Crippen molar-refractivity contribution in [2.24, 2.45) is 0 Å². The first-order chi connectivity index (χ1) is 13.9. The quantitative estimate of drug-likeness (QED) is 0.630. The topological polar surface area (TPSA) is 128 Å². The SMILES string of the molecule is CCc1c(C(=O)OCC(=O)NC(=O)Nc2cccc(C)c2C)cnc2ncnn12. The lowest BCUT2D eigenvalue weighted by Gasteiger charge is -2.11. The van der Waals surface area contributed by atoms with Crippen LogP contribution in [0.2, 0.25) is 0 Å². The minimum absolute atomic E-state index is 0.179. The third-order valence-electron chi connectivity index (χ3n) is 4.40. The van der Waals surface area contributed by atoms with Crippen molar-refractivity contribution in [3.8, 4) is 0 Å². The summed E-state index contributed by atoms with van der Waals surface area (Å²) in [7, 11) is 0. The normalized spacial score (nSPS) is 10.6. The van der Waals surface area contributed by atoms with Gasteiger partial charge in [0.15, 0.2) is 6.61 Å². The summed E-state index contributed by atoms with van der Waals surface area (Å²) in [6.07, 6.45) is 3.15. The van der Waals surface area contributed by atoms with Crippen molar-refractivity contribution in [2.45, 2.75) is 27.2 Å². The van der Waals surface area contributed by atoms with Gasteiger partial charge in [-0.3, -0.25) is 10.1 Å². The van der Waals surface area contributed by atoms with Crippen LogP contribution in [0.25, 0.3) is 5.78 Å². The molecule has 10 nitrogen and oxygen atoms in total. The molecule has 1 aromatic carbocycles. The van der Waals surface area contributed by atoms with Gasteiger partial charge in [0.1, 0.15) is 6.33 Å². The largest absolute Gasteiger partial charge is 0.452 e. The molecule has 3 rings (SSSR count). The van der Waals surface area contributed by atoms with E-state index < -0.39 is 24.5 Å². The molecule has 29 heavy (non-hydrogen) atoms. The summed E-state index contributed by atoms with van der Waals surface area (Å²) in [5, 5.41) is 8.75. The minimum Gasteiger partial charge on any atom is -0.452 e. The Morgan fingerprint density at radius 1 is 1.17 bits per heavy atom. The van der Waals surface area contributed by atoms with Crippen molar-refractivity contribution in [3.63, 3.8) is 0 Å². The predicted molar refractivity (Wildman–Crippen MR) is 104 cm³/mol. The summed E-state index contributed by atoms with van der Waals surface area (Å²) in [6, 6.07) is 4.73. The smallest absolute Gasteiger partial charge is 0.342 e. The molecule has 0 aliphatic heterocycles. The van der Waals surface area contributed by atoms with Gasteiger partial charge < -0.3 is 10.1 Å². The molecular weight excluding hydrogens is 376 g/mol. The Morgan fingerprint density at radius 3 is 2.72 bits per heavy atom. The molecule has 2 aromatic heterocycles. The number of fused-ring (bicyclic) bond motifs is 1. The highest BCUT2D eigenvalue weighted by Crippen LogP contribution is 2.17. The summed E-state index contributed by atoms with van der Waals surface area (Å²) in [6.45, 7) is 5.01. The Hall–Kier alpha value is -3.82. The number of aryl methyl sites for hydroxylation is 2. The van der Waals surface area contributed by atoms with Crippen LogP contribution in [0.4, 0.5) is 10.5 Å². The number of urea groups is 1. The van der Waals surface area contributed by atoms with Crippen molar-refractivity contribution < 1.29 is 19.1 Å². The molecule has 3 amide bonds. The number of ether oxygens (including phenoxy) is 1. The van der Waals surface area contributed by atoms with Crippen molar-refractivity contribution in [3.05, 3.63) is 53.1 Å². The highest BCUT2D eigenvalue weighted by Gasteiger charge is 2.19. The maximum absolute atomic E-state index is 12.3. The van der Waals surface area contributed by atoms with Crippen LogP contribution in [-0.2, 0) is 16.0 Å². The van der Waals surface area contributed by atoms with Gasteiger partial charge in [0, 0.05) is 11.9 Å². The molecule has 3 aromatic rings. The van der Waals surface area contributed by atoms with Crippen LogP contribution in [0.15, 0.2) is 30.7 Å². The van der Waals surface area contributed by atoms with Crippen LogP contribution in [0.5, 0.6) is 0 Å². The van der Waals surface area contributed by atoms with Crippen molar-refractivity contribution in [1.82, 2.24) is 24.9 Å². The lowest BCUT2D eigenvalue weighted by molar-refractivity contribution is -0.123. The molecule has 0 atom stereocenters. The van der Waals surface area contributed by atoms with Gasteiger partial charge in [-0.25, -0.2) is 19.1 Å². The Morgan fingerprint density at radius 2 is 1.97 bits per heavy atom. The van der Waals surface area contributed by atoms with Crippen LogP contribution in [-0.4, -0.2) is 44.1 Å². The summed E-state index contributed by atoms with van der Waals surface area (Å²) < 4.78 is 6.46. The molecule has 0 unspecified atom stereocenters. The number of benzene rings is 1. The fourth-order valence-electron chi connectivity index (χ4n) is 2.75. The lowest BCUT2D eigenvalue weighted by Crippen LogP contribution is -2.37. The monoisotopic (exact) mass is 396 g/mol. The van der Waals surface area contributed by atoms with E-state index in [1.54, 1.807) is 12.1 Å². The van der Waals surface area contributed by atoms with E-state index in [4.69, 9.17) is 4.74 Å². The van der Waals surface area contributed by atoms with Gasteiger partial charge in [0.05, 0.1) is 11.3 Å². The van der Waals surface area contributed by atoms with E-state index in [2.05, 4.69) is 25.7 Å². The number of amides is 3. The number of hydrogen-bond acceptors (Lipinski definition) is 7. The fourth-order valence-corrected chi connectivity index (χ4v) is 2.75. The summed E-state index contributed by atoms with van der Waals surface area (Å²) in [5.74, 6) is -1.13. The summed E-state index contributed by atoms with van der Waals surface area (Å²) >= 11 is 0. The minimum atomic E-state index is -0.756. The lowest BCUT2D eigenvalue weighted by atomic mass is 10.1. The molecule has 150 valence electrons. The number of nitrogens with one attached hydrogen (secondary N) is 2. The van der Waals surface area contributed by atoms with E-state index >= 15 is 0 Å². The second-order valence-electron chi connectivity index (χ2n) is 6.27. The molecule has 0 radical (unpaired) electrons. The molecular formula is C19H20N6O4. The number of hydrogen-bond donors (Lipinski definition) is 2.